The minimum Gasteiger partial charge on any atom is -0.487 e. The van der Waals surface area contributed by atoms with Gasteiger partial charge in [-0.2, -0.15) is 8.78 Å². The van der Waals surface area contributed by atoms with E-state index in [0.717, 1.165) is 25.3 Å². The topological polar surface area (TPSA) is 81.9 Å². The molecular weight excluding hydrogens is 470 g/mol. The van der Waals surface area contributed by atoms with E-state index in [4.69, 9.17) is 4.74 Å². The van der Waals surface area contributed by atoms with Crippen LogP contribution < -0.4 is 4.74 Å². The van der Waals surface area contributed by atoms with E-state index < -0.39 is 17.6 Å². The highest BCUT2D eigenvalue weighted by Gasteiger charge is 2.26. The second-order valence-electron chi connectivity index (χ2n) is 8.03. The highest BCUT2D eigenvalue weighted by molar-refractivity contribution is 5.46. The zero-order chi connectivity index (χ0) is 27.7. The molecule has 1 aromatic carbocycles. The fourth-order valence-electron chi connectivity index (χ4n) is 2.63. The molecule has 0 aliphatic heterocycles. The van der Waals surface area contributed by atoms with Crippen molar-refractivity contribution in [1.29, 1.82) is 0 Å². The molecule has 0 aromatic heterocycles. The molecule has 7 nitrogen and oxygen atoms in total. The van der Waals surface area contributed by atoms with E-state index >= 15 is 0 Å². The Kier molecular flexibility index (Phi) is 23.2. The first-order valence-corrected chi connectivity index (χ1v) is 12.4. The zero-order valence-corrected chi connectivity index (χ0v) is 22.4. The van der Waals surface area contributed by atoms with Crippen molar-refractivity contribution in [2.75, 3.05) is 26.8 Å². The lowest BCUT2D eigenvalue weighted by atomic mass is 10.00. The third kappa shape index (κ3) is 24.2. The minimum atomic E-state index is -2.92. The molecule has 1 aromatic rings. The van der Waals surface area contributed by atoms with E-state index in [1.54, 1.807) is 30.3 Å². The number of ether oxygens (including phenoxy) is 1. The fraction of sp³-hybridized carbons (Fsp3) is 0.593. The summed E-state index contributed by atoms with van der Waals surface area (Å²) in [6, 6.07) is 8.69. The third-order valence-corrected chi connectivity index (χ3v) is 4.75. The zero-order valence-electron chi connectivity index (χ0n) is 22.4. The Morgan fingerprint density at radius 1 is 1.17 bits per heavy atom. The number of hydrogen-bond acceptors (Lipinski definition) is 5. The van der Waals surface area contributed by atoms with Crippen LogP contribution >= 0.6 is 0 Å². The van der Waals surface area contributed by atoms with Gasteiger partial charge in [0, 0.05) is 13.6 Å². The molecular formula is C27H44F2N2O5. The van der Waals surface area contributed by atoms with Gasteiger partial charge >= 0.3 is 0 Å². The van der Waals surface area contributed by atoms with Crippen molar-refractivity contribution >= 4 is 6.41 Å². The van der Waals surface area contributed by atoms with Crippen LogP contribution in [0.25, 0.3) is 0 Å². The highest BCUT2D eigenvalue weighted by atomic mass is 19.3. The van der Waals surface area contributed by atoms with Crippen LogP contribution in [0.15, 0.2) is 54.6 Å². The van der Waals surface area contributed by atoms with Gasteiger partial charge in [0.1, 0.15) is 12.4 Å². The van der Waals surface area contributed by atoms with Crippen molar-refractivity contribution in [2.24, 2.45) is 5.92 Å². The lowest BCUT2D eigenvalue weighted by Gasteiger charge is -2.15. The summed E-state index contributed by atoms with van der Waals surface area (Å²) < 4.78 is 32.4. The molecule has 0 aliphatic carbocycles. The smallest absolute Gasteiger partial charge is 0.299 e. The number of amides is 1. The molecule has 36 heavy (non-hydrogen) atoms. The van der Waals surface area contributed by atoms with E-state index in [2.05, 4.69) is 37.8 Å². The lowest BCUT2D eigenvalue weighted by Crippen LogP contribution is -2.23. The number of para-hydroxylation sites is 1. The monoisotopic (exact) mass is 514 g/mol. The Hall–Kier alpha value is -2.97. The van der Waals surface area contributed by atoms with Crippen molar-refractivity contribution < 1.29 is 28.2 Å². The summed E-state index contributed by atoms with van der Waals surface area (Å²) in [4.78, 5) is 24.6. The number of halogens is 2. The van der Waals surface area contributed by atoms with E-state index in [1.165, 1.54) is 31.2 Å². The Bertz CT molecular complexity index is 715. The molecule has 0 heterocycles. The number of carbonyl (C=O) groups is 1. The van der Waals surface area contributed by atoms with Crippen molar-refractivity contribution in [3.8, 4) is 5.75 Å². The second-order valence-corrected chi connectivity index (χ2v) is 8.03. The van der Waals surface area contributed by atoms with Gasteiger partial charge in [-0.1, -0.05) is 76.5 Å². The van der Waals surface area contributed by atoms with E-state index in [9.17, 15) is 23.7 Å². The van der Waals surface area contributed by atoms with Gasteiger partial charge in [0.05, 0.1) is 0 Å². The third-order valence-electron chi connectivity index (χ3n) is 4.75. The summed E-state index contributed by atoms with van der Waals surface area (Å²) in [6.45, 7) is 7.89. The molecule has 0 radical (unpaired) electrons. The Morgan fingerprint density at radius 3 is 2.33 bits per heavy atom. The van der Waals surface area contributed by atoms with Gasteiger partial charge in [-0.15, -0.1) is 10.1 Å². The molecule has 1 unspecified atom stereocenters. The number of hydrogen-bond donors (Lipinski definition) is 0. The maximum absolute atomic E-state index is 13.6. The van der Waals surface area contributed by atoms with Gasteiger partial charge in [-0.05, 0) is 50.3 Å². The maximum Gasteiger partial charge on any atom is 0.299 e. The summed E-state index contributed by atoms with van der Waals surface area (Å²) in [7, 11) is 1.51. The number of nitrogens with zero attached hydrogens (tertiary/aromatic N) is 2. The van der Waals surface area contributed by atoms with Gasteiger partial charge in [0.25, 0.3) is 11.0 Å². The van der Waals surface area contributed by atoms with Crippen LogP contribution in [0.5, 0.6) is 5.75 Å². The number of benzene rings is 1. The molecule has 0 saturated heterocycles. The summed E-state index contributed by atoms with van der Waals surface area (Å²) in [5.41, 5.74) is 0. The van der Waals surface area contributed by atoms with E-state index in [0.29, 0.717) is 12.2 Å². The molecule has 0 spiro atoms. The summed E-state index contributed by atoms with van der Waals surface area (Å²) in [6.07, 6.45) is 14.2. The first-order chi connectivity index (χ1) is 17.1. The number of alkyl halides is 2. The normalized spacial score (nSPS) is 11.6. The second kappa shape index (κ2) is 23.8. The van der Waals surface area contributed by atoms with Gasteiger partial charge in [-0.25, -0.2) is 0 Å². The maximum atomic E-state index is 13.6. The van der Waals surface area contributed by atoms with Crippen molar-refractivity contribution in [1.82, 2.24) is 4.90 Å². The van der Waals surface area contributed by atoms with Crippen LogP contribution in [0.2, 0.25) is 0 Å². The Morgan fingerprint density at radius 2 is 1.83 bits per heavy atom. The Balaban J connectivity index is 0. The van der Waals surface area contributed by atoms with Crippen molar-refractivity contribution in [2.45, 2.75) is 72.1 Å². The van der Waals surface area contributed by atoms with E-state index in [-0.39, 0.29) is 19.1 Å². The number of unbranched alkanes of at least 4 members (excludes halogenated alkanes) is 2. The first-order valence-electron chi connectivity index (χ1n) is 12.4. The van der Waals surface area contributed by atoms with Crippen LogP contribution in [-0.2, 0) is 9.63 Å². The number of likely N-dealkylation sites (N-methyl/N-ethyl adjacent to an activating group) is 1. The predicted molar refractivity (Wildman–Crippen MR) is 141 cm³/mol. The molecule has 0 fully saturated rings. The Labute approximate surface area is 215 Å². The van der Waals surface area contributed by atoms with Crippen LogP contribution in [-0.4, -0.2) is 49.1 Å². The molecule has 0 bridgehead atoms. The van der Waals surface area contributed by atoms with Gasteiger partial charge in [0.2, 0.25) is 6.41 Å². The largest absolute Gasteiger partial charge is 0.487 e. The highest BCUT2D eigenvalue weighted by Crippen LogP contribution is 2.21. The summed E-state index contributed by atoms with van der Waals surface area (Å²) >= 11 is 0. The molecule has 0 saturated carbocycles. The minimum absolute atomic E-state index is 0.0811. The van der Waals surface area contributed by atoms with Crippen molar-refractivity contribution in [3.05, 3.63) is 64.8 Å². The molecule has 9 heteroatoms. The van der Waals surface area contributed by atoms with Gasteiger partial charge < -0.3 is 14.5 Å². The van der Waals surface area contributed by atoms with Crippen LogP contribution in [0, 0.1) is 16.0 Å². The van der Waals surface area contributed by atoms with Crippen molar-refractivity contribution in [3.63, 3.8) is 0 Å². The molecule has 0 N–H and O–H groups in total. The average molecular weight is 515 g/mol. The molecule has 1 atom stereocenters. The lowest BCUT2D eigenvalue weighted by molar-refractivity contribution is -0.757. The first kappa shape index (κ1) is 35.2. The van der Waals surface area contributed by atoms with Gasteiger partial charge in [0.15, 0.2) is 6.61 Å². The van der Waals surface area contributed by atoms with Gasteiger partial charge in [-0.3, -0.25) is 4.79 Å². The average Bonchev–Trinajstić information content (AvgIpc) is 2.87. The summed E-state index contributed by atoms with van der Waals surface area (Å²) in [5.74, 6) is -2.22. The molecule has 206 valence electrons. The van der Waals surface area contributed by atoms with Crippen LogP contribution in [0.1, 0.15) is 66.2 Å². The standard InChI is InChI=1S/C16H22F2O.C7H14.C4H8N2O4/c1-3-8-14(4-2)11-12-16(17,18)13-19-15-9-6-5-7-10-15;1-3-5-7-6-4-2;1-5(4-7)2-3-10-6(8)9/h5-7,9-12,14H,3-4,8,13H2,1-2H3;3,5H,4,6-7H2,1-2H3;4H,2-3H2,1H3/b12-11+;5-3-;. The van der Waals surface area contributed by atoms with E-state index in [1.807, 2.05) is 13.0 Å². The fourth-order valence-corrected chi connectivity index (χ4v) is 2.63. The molecule has 0 aliphatic rings. The molecule has 1 rings (SSSR count). The van der Waals surface area contributed by atoms with Crippen LogP contribution in [0.4, 0.5) is 8.78 Å². The van der Waals surface area contributed by atoms with Crippen LogP contribution in [0.3, 0.4) is 0 Å². The number of carbonyl (C=O) groups excluding carboxylic acids is 1. The number of rotatable bonds is 16. The molecule has 1 amide bonds. The predicted octanol–water partition coefficient (Wildman–Crippen LogP) is 7.12. The SMILES string of the molecule is C/C=C\CCCC.CCCC(/C=C/C(F)(F)COc1ccccc1)CC.CN(C=O)CCO[N+](=O)[O-]. The summed E-state index contributed by atoms with van der Waals surface area (Å²) in [5, 5.41) is 8.66. The number of allylic oxidation sites excluding steroid dienone is 3. The quantitative estimate of drug-likeness (QED) is 0.0771.